The maximum atomic E-state index is 14.2. The molecule has 5 rings (SSSR count). The maximum Gasteiger partial charge on any atom is 0.264 e. The van der Waals surface area contributed by atoms with Crippen LogP contribution in [-0.2, 0) is 11.3 Å². The number of piperidine rings is 1. The number of methoxy groups -OCH3 is 2. The zero-order valence-electron chi connectivity index (χ0n) is 31.4. The smallest absolute Gasteiger partial charge is 0.264 e. The number of piperazine rings is 1. The largest absolute Gasteiger partial charge is 0.495 e. The number of aryl methyl sites for hydroxylation is 1. The van der Waals surface area contributed by atoms with Crippen molar-refractivity contribution in [2.75, 3.05) is 59.8 Å². The zero-order chi connectivity index (χ0) is 37.9. The van der Waals surface area contributed by atoms with Gasteiger partial charge in [0.1, 0.15) is 28.8 Å². The van der Waals surface area contributed by atoms with E-state index >= 15 is 0 Å². The number of likely N-dealkylation sites (tertiary alicyclic amines) is 1. The van der Waals surface area contributed by atoms with Gasteiger partial charge in [0.15, 0.2) is 0 Å². The summed E-state index contributed by atoms with van der Waals surface area (Å²) in [6, 6.07) is 6.25. The number of pyridine rings is 1. The molecule has 0 saturated carbocycles. The molecule has 1 N–H and O–H groups in total. The van der Waals surface area contributed by atoms with Crippen LogP contribution in [0.3, 0.4) is 0 Å². The van der Waals surface area contributed by atoms with Crippen molar-refractivity contribution in [3.05, 3.63) is 50.4 Å². The number of carbonyl (C=O) groups excluding carboxylic acids is 1. The Bertz CT molecular complexity index is 1890. The van der Waals surface area contributed by atoms with E-state index in [1.807, 2.05) is 11.0 Å². The van der Waals surface area contributed by atoms with E-state index in [-0.39, 0.29) is 32.6 Å². The number of nitriles is 1. The van der Waals surface area contributed by atoms with Crippen molar-refractivity contribution in [2.45, 2.75) is 77.5 Å². The molecule has 2 fully saturated rings. The number of anilines is 1. The average Bonchev–Trinajstić information content (AvgIpc) is 3.13. The molecular weight excluding hydrogens is 703 g/mol. The van der Waals surface area contributed by atoms with Gasteiger partial charge in [-0.25, -0.2) is 4.98 Å². The van der Waals surface area contributed by atoms with E-state index in [1.54, 1.807) is 29.9 Å². The van der Waals surface area contributed by atoms with Gasteiger partial charge >= 0.3 is 0 Å². The third-order valence-electron chi connectivity index (χ3n) is 10.8. The molecule has 1 amide bonds. The van der Waals surface area contributed by atoms with Crippen molar-refractivity contribution < 1.29 is 14.3 Å². The van der Waals surface area contributed by atoms with Crippen molar-refractivity contribution in [1.29, 1.82) is 5.26 Å². The molecule has 14 heteroatoms. The highest BCUT2D eigenvalue weighted by atomic mass is 35.5. The highest BCUT2D eigenvalue weighted by molar-refractivity contribution is 6.41. The molecule has 280 valence electrons. The number of aromatic nitrogens is 3. The highest BCUT2D eigenvalue weighted by Crippen LogP contribution is 2.45. The van der Waals surface area contributed by atoms with E-state index < -0.39 is 5.54 Å². The second-order valence-electron chi connectivity index (χ2n) is 14.5. The van der Waals surface area contributed by atoms with Gasteiger partial charge in [-0.3, -0.25) is 24.0 Å². The van der Waals surface area contributed by atoms with Gasteiger partial charge in [0.25, 0.3) is 11.5 Å². The van der Waals surface area contributed by atoms with Crippen molar-refractivity contribution in [1.82, 2.24) is 29.2 Å². The number of likely N-dealkylation sites (N-methyl/N-ethyl adjacent to an activating group) is 1. The summed E-state index contributed by atoms with van der Waals surface area (Å²) < 4.78 is 12.6. The van der Waals surface area contributed by atoms with Crippen LogP contribution in [0.2, 0.25) is 10.0 Å². The van der Waals surface area contributed by atoms with Crippen molar-refractivity contribution in [3.8, 4) is 28.7 Å². The molecule has 3 aromatic rings. The third-order valence-corrected chi connectivity index (χ3v) is 11.6. The summed E-state index contributed by atoms with van der Waals surface area (Å²) in [6.07, 6.45) is 6.71. The van der Waals surface area contributed by atoms with Crippen LogP contribution in [-0.4, -0.2) is 107 Å². The van der Waals surface area contributed by atoms with E-state index in [2.05, 4.69) is 65.9 Å². The number of benzene rings is 1. The zero-order valence-corrected chi connectivity index (χ0v) is 32.9. The number of nitrogens with zero attached hydrogens (tertiary/aromatic N) is 7. The monoisotopic (exact) mass is 752 g/mol. The van der Waals surface area contributed by atoms with Crippen LogP contribution in [0, 0.1) is 17.2 Å². The van der Waals surface area contributed by atoms with Gasteiger partial charge in [-0.2, -0.15) is 10.2 Å². The molecule has 2 unspecified atom stereocenters. The first-order valence-corrected chi connectivity index (χ1v) is 18.6. The quantitative estimate of drug-likeness (QED) is 0.181. The predicted molar refractivity (Wildman–Crippen MR) is 206 cm³/mol. The Hall–Kier alpha value is -3.89. The number of amides is 1. The minimum absolute atomic E-state index is 0.200. The number of halogens is 2. The number of hydrogen-bond acceptors (Lipinski definition) is 10. The van der Waals surface area contributed by atoms with E-state index in [4.69, 9.17) is 32.7 Å². The Labute approximate surface area is 316 Å². The average molecular weight is 754 g/mol. The summed E-state index contributed by atoms with van der Waals surface area (Å²) in [5.74, 6) is 1.21. The second kappa shape index (κ2) is 16.4. The van der Waals surface area contributed by atoms with Gasteiger partial charge in [-0.05, 0) is 78.5 Å². The molecule has 12 nitrogen and oxygen atoms in total. The summed E-state index contributed by atoms with van der Waals surface area (Å²) in [6.45, 7) is 11.9. The Kier molecular flexibility index (Phi) is 12.4. The van der Waals surface area contributed by atoms with Crippen molar-refractivity contribution in [2.24, 2.45) is 5.92 Å². The Balaban J connectivity index is 1.30. The highest BCUT2D eigenvalue weighted by Gasteiger charge is 2.35. The fourth-order valence-electron chi connectivity index (χ4n) is 7.38. The summed E-state index contributed by atoms with van der Waals surface area (Å²) in [7, 11) is 6.84. The lowest BCUT2D eigenvalue weighted by Gasteiger charge is -2.48. The Morgan fingerprint density at radius 1 is 1.10 bits per heavy atom. The fourth-order valence-corrected chi connectivity index (χ4v) is 8.09. The van der Waals surface area contributed by atoms with Crippen LogP contribution in [0.4, 0.5) is 5.95 Å². The van der Waals surface area contributed by atoms with Crippen LogP contribution >= 0.6 is 23.2 Å². The first-order valence-electron chi connectivity index (χ1n) is 17.8. The topological polar surface area (TPSA) is 129 Å². The van der Waals surface area contributed by atoms with Crippen molar-refractivity contribution >= 4 is 46.1 Å². The number of ether oxygens (including phenoxy) is 2. The SMILES string of the molecule is CNc1ncc2cc(-c3c(Cl)c(OC)cc(OC)c3Cl)c(=O)n(CCCC3CCN(C(=O)/C(C#N)=C\C(C)(C)N4CC(C)N(C)C(C)C4)CC3)c2n1. The number of rotatable bonds is 11. The summed E-state index contributed by atoms with van der Waals surface area (Å²) in [5.41, 5.74) is 0.564. The molecule has 0 bridgehead atoms. The number of fused-ring (bicyclic) bond motifs is 1. The van der Waals surface area contributed by atoms with Gasteiger partial charge in [-0.15, -0.1) is 0 Å². The third kappa shape index (κ3) is 8.03. The van der Waals surface area contributed by atoms with Crippen LogP contribution in [0.25, 0.3) is 22.2 Å². The fraction of sp³-hybridized carbons (Fsp3) is 0.553. The first-order chi connectivity index (χ1) is 24.7. The molecule has 2 aromatic heterocycles. The van der Waals surface area contributed by atoms with E-state index in [0.717, 1.165) is 32.4 Å². The molecule has 2 aliphatic rings. The lowest BCUT2D eigenvalue weighted by molar-refractivity contribution is -0.128. The summed E-state index contributed by atoms with van der Waals surface area (Å²) in [4.78, 5) is 43.4. The van der Waals surface area contributed by atoms with Gasteiger partial charge in [0.2, 0.25) is 5.95 Å². The van der Waals surface area contributed by atoms with E-state index in [1.165, 1.54) is 14.2 Å². The molecular formula is C38H50Cl2N8O4. The number of hydrogen-bond donors (Lipinski definition) is 1. The molecule has 2 aliphatic heterocycles. The Morgan fingerprint density at radius 2 is 1.71 bits per heavy atom. The summed E-state index contributed by atoms with van der Waals surface area (Å²) in [5, 5.41) is 14.1. The predicted octanol–water partition coefficient (Wildman–Crippen LogP) is 6.10. The van der Waals surface area contributed by atoms with Crippen LogP contribution in [0.15, 0.2) is 34.8 Å². The lowest BCUT2D eigenvalue weighted by Crippen LogP contribution is -2.60. The maximum absolute atomic E-state index is 14.2. The second-order valence-corrected chi connectivity index (χ2v) is 15.2. The molecule has 4 heterocycles. The molecule has 52 heavy (non-hydrogen) atoms. The lowest BCUT2D eigenvalue weighted by atomic mass is 9.91. The Morgan fingerprint density at radius 3 is 2.27 bits per heavy atom. The summed E-state index contributed by atoms with van der Waals surface area (Å²) >= 11 is 13.5. The van der Waals surface area contributed by atoms with Crippen LogP contribution in [0.5, 0.6) is 11.5 Å². The van der Waals surface area contributed by atoms with Gasteiger partial charge in [0.05, 0.1) is 29.8 Å². The molecule has 2 atom stereocenters. The molecule has 1 aromatic carbocycles. The van der Waals surface area contributed by atoms with Gasteiger partial charge in [0, 0.05) is 80.6 Å². The molecule has 0 spiro atoms. The normalized spacial score (nSPS) is 19.5. The molecule has 0 aliphatic carbocycles. The minimum Gasteiger partial charge on any atom is -0.495 e. The van der Waals surface area contributed by atoms with Crippen molar-refractivity contribution in [3.63, 3.8) is 0 Å². The number of carbonyl (C=O) groups is 1. The first kappa shape index (κ1) is 39.3. The van der Waals surface area contributed by atoms with Crippen LogP contribution in [0.1, 0.15) is 53.4 Å². The van der Waals surface area contributed by atoms with Gasteiger partial charge < -0.3 is 19.7 Å². The van der Waals surface area contributed by atoms with E-state index in [9.17, 15) is 14.9 Å². The van der Waals surface area contributed by atoms with Gasteiger partial charge in [-0.1, -0.05) is 23.2 Å². The van der Waals surface area contributed by atoms with Crippen LogP contribution < -0.4 is 20.3 Å². The number of nitrogens with one attached hydrogen (secondary N) is 1. The standard InChI is InChI=1S/C38H50Cl2N8O4/c1-23-21-47(22-24(2)45(23)6)38(3,4)18-27(19-41)35(49)46-14-11-25(12-15-46)10-9-13-48-34-26(20-43-37(42-5)44-34)16-28(36(48)50)31-32(39)29(51-7)17-30(52-8)33(31)40/h16-18,20,23-25H,9-15,21-22H2,1-8H3,(H,42,43,44)/b27-18-. The molecule has 2 saturated heterocycles. The molecule has 0 radical (unpaired) electrons. The minimum atomic E-state index is -0.434. The van der Waals surface area contributed by atoms with E-state index in [0.29, 0.717) is 78.1 Å².